The molecule has 3 N–H and O–H groups in total. The van der Waals surface area contributed by atoms with E-state index in [0.717, 1.165) is 18.5 Å². The lowest BCUT2D eigenvalue weighted by Crippen LogP contribution is -2.42. The average Bonchev–Trinajstić information content (AvgIpc) is 2.87. The van der Waals surface area contributed by atoms with E-state index >= 15 is 0 Å². The summed E-state index contributed by atoms with van der Waals surface area (Å²) >= 11 is 0. The molecule has 0 spiro atoms. The van der Waals surface area contributed by atoms with E-state index in [9.17, 15) is 4.39 Å². The van der Waals surface area contributed by atoms with Crippen molar-refractivity contribution in [2.45, 2.75) is 37.9 Å². The summed E-state index contributed by atoms with van der Waals surface area (Å²) in [6.45, 7) is 3.67. The van der Waals surface area contributed by atoms with Gasteiger partial charge in [0.05, 0.1) is 6.61 Å². The third-order valence-electron chi connectivity index (χ3n) is 3.63. The third-order valence-corrected chi connectivity index (χ3v) is 3.63. The quantitative estimate of drug-likeness (QED) is 0.703. The fourth-order valence-electron chi connectivity index (χ4n) is 2.55. The lowest BCUT2D eigenvalue weighted by Gasteiger charge is -2.17. The van der Waals surface area contributed by atoms with E-state index in [1.54, 1.807) is 13.2 Å². The molecule has 3 unspecified atom stereocenters. The number of hydrazine groups is 1. The molecular formula is C15H24FN3O. The monoisotopic (exact) mass is 281 g/mol. The highest BCUT2D eigenvalue weighted by atomic mass is 19.1. The van der Waals surface area contributed by atoms with Crippen molar-refractivity contribution >= 4 is 0 Å². The summed E-state index contributed by atoms with van der Waals surface area (Å²) in [6, 6.07) is 7.96. The molecule has 1 heterocycles. The first kappa shape index (κ1) is 15.4. The molecule has 112 valence electrons. The zero-order valence-corrected chi connectivity index (χ0v) is 12.2. The van der Waals surface area contributed by atoms with E-state index in [1.165, 1.54) is 6.07 Å². The van der Waals surface area contributed by atoms with Crippen LogP contribution in [0.2, 0.25) is 0 Å². The van der Waals surface area contributed by atoms with Gasteiger partial charge in [0.2, 0.25) is 0 Å². The van der Waals surface area contributed by atoms with Gasteiger partial charge in [-0.05, 0) is 31.4 Å². The molecule has 20 heavy (non-hydrogen) atoms. The van der Waals surface area contributed by atoms with Crippen LogP contribution in [0.15, 0.2) is 24.3 Å². The fraction of sp³-hybridized carbons (Fsp3) is 0.600. The molecule has 3 atom stereocenters. The van der Waals surface area contributed by atoms with Gasteiger partial charge in [0.25, 0.3) is 0 Å². The van der Waals surface area contributed by atoms with Crippen molar-refractivity contribution in [3.8, 4) is 0 Å². The molecule has 2 rings (SSSR count). The minimum Gasteiger partial charge on any atom is -0.383 e. The Labute approximate surface area is 120 Å². The van der Waals surface area contributed by atoms with E-state index in [0.29, 0.717) is 25.1 Å². The van der Waals surface area contributed by atoms with Crippen molar-refractivity contribution in [2.24, 2.45) is 0 Å². The Morgan fingerprint density at radius 2 is 2.10 bits per heavy atom. The van der Waals surface area contributed by atoms with Gasteiger partial charge in [0.1, 0.15) is 5.82 Å². The Hall–Kier alpha value is -1.01. The number of methoxy groups -OCH3 is 1. The summed E-state index contributed by atoms with van der Waals surface area (Å²) < 4.78 is 18.7. The SMILES string of the molecule is COCC1CC(CNC(C)Cc2ccccc2F)NN1. The van der Waals surface area contributed by atoms with Crippen LogP contribution in [-0.2, 0) is 11.2 Å². The first-order chi connectivity index (χ1) is 9.69. The van der Waals surface area contributed by atoms with Gasteiger partial charge < -0.3 is 10.1 Å². The molecule has 0 radical (unpaired) electrons. The number of nitrogens with one attached hydrogen (secondary N) is 3. The Balaban J connectivity index is 1.71. The van der Waals surface area contributed by atoms with Crippen LogP contribution in [0.1, 0.15) is 18.9 Å². The normalized spacial score (nSPS) is 23.9. The van der Waals surface area contributed by atoms with E-state index in [-0.39, 0.29) is 11.9 Å². The largest absolute Gasteiger partial charge is 0.383 e. The lowest BCUT2D eigenvalue weighted by atomic mass is 10.1. The maximum absolute atomic E-state index is 13.6. The van der Waals surface area contributed by atoms with Crippen molar-refractivity contribution in [1.82, 2.24) is 16.2 Å². The van der Waals surface area contributed by atoms with Gasteiger partial charge in [-0.3, -0.25) is 10.9 Å². The van der Waals surface area contributed by atoms with Crippen LogP contribution in [0, 0.1) is 5.82 Å². The summed E-state index contributed by atoms with van der Waals surface area (Å²) in [5, 5.41) is 3.45. The van der Waals surface area contributed by atoms with Gasteiger partial charge in [-0.1, -0.05) is 18.2 Å². The number of hydrogen-bond acceptors (Lipinski definition) is 4. The maximum Gasteiger partial charge on any atom is 0.126 e. The van der Waals surface area contributed by atoms with E-state index < -0.39 is 0 Å². The summed E-state index contributed by atoms with van der Waals surface area (Å²) in [6.07, 6.45) is 1.74. The molecule has 0 saturated carbocycles. The zero-order chi connectivity index (χ0) is 14.4. The van der Waals surface area contributed by atoms with Crippen molar-refractivity contribution < 1.29 is 9.13 Å². The van der Waals surface area contributed by atoms with E-state index in [1.807, 2.05) is 12.1 Å². The van der Waals surface area contributed by atoms with E-state index in [2.05, 4.69) is 23.1 Å². The van der Waals surface area contributed by atoms with Gasteiger partial charge in [0.15, 0.2) is 0 Å². The molecule has 0 aromatic heterocycles. The Bertz CT molecular complexity index is 416. The Morgan fingerprint density at radius 3 is 2.85 bits per heavy atom. The van der Waals surface area contributed by atoms with Crippen LogP contribution >= 0.6 is 0 Å². The van der Waals surface area contributed by atoms with Gasteiger partial charge >= 0.3 is 0 Å². The topological polar surface area (TPSA) is 45.3 Å². The number of halogens is 1. The minimum absolute atomic E-state index is 0.123. The van der Waals surface area contributed by atoms with Crippen molar-refractivity contribution in [2.75, 3.05) is 20.3 Å². The average molecular weight is 281 g/mol. The molecule has 1 fully saturated rings. The molecule has 1 aliphatic rings. The van der Waals surface area contributed by atoms with Crippen LogP contribution in [0.3, 0.4) is 0 Å². The fourth-order valence-corrected chi connectivity index (χ4v) is 2.55. The molecule has 1 aliphatic heterocycles. The highest BCUT2D eigenvalue weighted by molar-refractivity contribution is 5.18. The highest BCUT2D eigenvalue weighted by Gasteiger charge is 2.23. The van der Waals surface area contributed by atoms with Crippen LogP contribution < -0.4 is 16.2 Å². The molecule has 5 heteroatoms. The molecule has 4 nitrogen and oxygen atoms in total. The smallest absolute Gasteiger partial charge is 0.126 e. The number of rotatable bonds is 7. The van der Waals surface area contributed by atoms with Crippen molar-refractivity contribution in [1.29, 1.82) is 0 Å². The lowest BCUT2D eigenvalue weighted by molar-refractivity contribution is 0.171. The molecule has 0 bridgehead atoms. The second kappa shape index (κ2) is 7.69. The Kier molecular flexibility index (Phi) is 5.91. The summed E-state index contributed by atoms with van der Waals surface area (Å²) in [7, 11) is 1.71. The van der Waals surface area contributed by atoms with Gasteiger partial charge in [0, 0.05) is 31.8 Å². The summed E-state index contributed by atoms with van der Waals surface area (Å²) in [4.78, 5) is 0. The van der Waals surface area contributed by atoms with Crippen LogP contribution in [-0.4, -0.2) is 38.4 Å². The minimum atomic E-state index is -0.123. The predicted octanol–water partition coefficient (Wildman–Crippen LogP) is 1.23. The first-order valence-corrected chi connectivity index (χ1v) is 7.15. The Morgan fingerprint density at radius 1 is 1.35 bits per heavy atom. The molecule has 0 amide bonds. The number of ether oxygens (including phenoxy) is 1. The van der Waals surface area contributed by atoms with Crippen molar-refractivity contribution in [3.63, 3.8) is 0 Å². The standard InChI is InChI=1S/C15H24FN3O/c1-11(7-12-5-3-4-6-15(12)16)17-9-13-8-14(10-20-2)19-18-13/h3-6,11,13-14,17-19H,7-10H2,1-2H3. The maximum atomic E-state index is 13.6. The highest BCUT2D eigenvalue weighted by Crippen LogP contribution is 2.10. The van der Waals surface area contributed by atoms with Crippen LogP contribution in [0.5, 0.6) is 0 Å². The molecule has 1 aromatic carbocycles. The molecule has 1 aromatic rings. The van der Waals surface area contributed by atoms with Crippen LogP contribution in [0.4, 0.5) is 4.39 Å². The van der Waals surface area contributed by atoms with Gasteiger partial charge in [-0.25, -0.2) is 4.39 Å². The molecule has 1 saturated heterocycles. The third kappa shape index (κ3) is 4.52. The van der Waals surface area contributed by atoms with Gasteiger partial charge in [-0.2, -0.15) is 0 Å². The second-order valence-electron chi connectivity index (χ2n) is 5.48. The van der Waals surface area contributed by atoms with Crippen molar-refractivity contribution in [3.05, 3.63) is 35.6 Å². The van der Waals surface area contributed by atoms with E-state index in [4.69, 9.17) is 4.74 Å². The zero-order valence-electron chi connectivity index (χ0n) is 12.2. The van der Waals surface area contributed by atoms with Crippen LogP contribution in [0.25, 0.3) is 0 Å². The molecule has 0 aliphatic carbocycles. The number of benzene rings is 1. The second-order valence-corrected chi connectivity index (χ2v) is 5.48. The number of hydrogen-bond donors (Lipinski definition) is 3. The van der Waals surface area contributed by atoms with Gasteiger partial charge in [-0.15, -0.1) is 0 Å². The first-order valence-electron chi connectivity index (χ1n) is 7.15. The summed E-state index contributed by atoms with van der Waals surface area (Å²) in [5.41, 5.74) is 7.24. The predicted molar refractivity (Wildman–Crippen MR) is 77.9 cm³/mol. The summed E-state index contributed by atoms with van der Waals surface area (Å²) in [5.74, 6) is -0.123. The molecular weight excluding hydrogens is 257 g/mol.